The van der Waals surface area contributed by atoms with Gasteiger partial charge in [-0.25, -0.2) is 0 Å². The van der Waals surface area contributed by atoms with Crippen molar-refractivity contribution in [2.45, 2.75) is 38.3 Å². The summed E-state index contributed by atoms with van der Waals surface area (Å²) in [7, 11) is 1.68. The Balaban J connectivity index is 0.000000806. The van der Waals surface area contributed by atoms with Crippen molar-refractivity contribution in [1.29, 1.82) is 0 Å². The molecule has 7 heteroatoms. The first-order valence-corrected chi connectivity index (χ1v) is 10.2. The molecule has 0 bridgehead atoms. The van der Waals surface area contributed by atoms with E-state index in [0.29, 0.717) is 12.6 Å². The Bertz CT molecular complexity index is 833. The molecule has 1 aromatic carbocycles. The summed E-state index contributed by atoms with van der Waals surface area (Å²) in [4.78, 5) is 28.0. The number of nitrogens with one attached hydrogen (secondary N) is 1. The summed E-state index contributed by atoms with van der Waals surface area (Å²) in [5, 5.41) is 10.1. The summed E-state index contributed by atoms with van der Waals surface area (Å²) in [6.07, 6.45) is 8.12. The summed E-state index contributed by atoms with van der Waals surface area (Å²) in [5.41, 5.74) is 1.88. The summed E-state index contributed by atoms with van der Waals surface area (Å²) < 4.78 is 5.36. The summed E-state index contributed by atoms with van der Waals surface area (Å²) in [6, 6.07) is 12.6. The predicted molar refractivity (Wildman–Crippen MR) is 113 cm³/mol. The van der Waals surface area contributed by atoms with E-state index in [1.807, 2.05) is 30.3 Å². The van der Waals surface area contributed by atoms with Crippen molar-refractivity contribution >= 4 is 12.4 Å². The number of rotatable bonds is 7. The lowest BCUT2D eigenvalue weighted by atomic mass is 9.71. The number of likely N-dealkylation sites (tertiary alicyclic amines) is 1. The Morgan fingerprint density at radius 1 is 1.27 bits per heavy atom. The van der Waals surface area contributed by atoms with E-state index in [9.17, 15) is 4.79 Å². The van der Waals surface area contributed by atoms with E-state index in [1.54, 1.807) is 19.5 Å². The SMILES string of the molecule is COc1cccc(CC2(C(=O)NCc3ccncc3)CN(C3CCC3)C2)c1.O=CO. The molecule has 2 fully saturated rings. The van der Waals surface area contributed by atoms with Gasteiger partial charge in [-0.2, -0.15) is 0 Å². The van der Waals surface area contributed by atoms with E-state index in [1.165, 1.54) is 19.3 Å². The fourth-order valence-corrected chi connectivity index (χ4v) is 4.12. The van der Waals surface area contributed by atoms with Crippen LogP contribution in [0.15, 0.2) is 48.8 Å². The summed E-state index contributed by atoms with van der Waals surface area (Å²) in [5.74, 6) is 0.993. The molecular formula is C23H29N3O4. The molecule has 1 aliphatic heterocycles. The summed E-state index contributed by atoms with van der Waals surface area (Å²) >= 11 is 0. The van der Waals surface area contributed by atoms with Gasteiger partial charge >= 0.3 is 0 Å². The van der Waals surface area contributed by atoms with Crippen LogP contribution in [0.25, 0.3) is 0 Å². The van der Waals surface area contributed by atoms with Crippen LogP contribution >= 0.6 is 0 Å². The third-order valence-corrected chi connectivity index (χ3v) is 5.96. The highest BCUT2D eigenvalue weighted by molar-refractivity contribution is 5.84. The first kappa shape index (κ1) is 21.8. The Labute approximate surface area is 177 Å². The minimum atomic E-state index is -0.352. The van der Waals surface area contributed by atoms with Gasteiger partial charge in [-0.15, -0.1) is 0 Å². The number of carbonyl (C=O) groups is 2. The number of methoxy groups -OCH3 is 1. The molecule has 1 aromatic heterocycles. The number of nitrogens with zero attached hydrogens (tertiary/aromatic N) is 2. The third kappa shape index (κ3) is 5.16. The Kier molecular flexibility index (Phi) is 7.41. The molecule has 1 saturated carbocycles. The van der Waals surface area contributed by atoms with Crippen LogP contribution in [0.2, 0.25) is 0 Å². The van der Waals surface area contributed by atoms with Crippen molar-refractivity contribution in [3.8, 4) is 5.75 Å². The highest BCUT2D eigenvalue weighted by atomic mass is 16.5. The van der Waals surface area contributed by atoms with Gasteiger partial charge in [0.15, 0.2) is 0 Å². The van der Waals surface area contributed by atoms with E-state index >= 15 is 0 Å². The number of aromatic nitrogens is 1. The second-order valence-corrected chi connectivity index (χ2v) is 7.94. The third-order valence-electron chi connectivity index (χ3n) is 5.96. The van der Waals surface area contributed by atoms with Crippen LogP contribution in [-0.4, -0.2) is 53.6 Å². The van der Waals surface area contributed by atoms with E-state index in [0.717, 1.165) is 36.4 Å². The molecule has 7 nitrogen and oxygen atoms in total. The van der Waals surface area contributed by atoms with E-state index in [-0.39, 0.29) is 17.8 Å². The first-order valence-electron chi connectivity index (χ1n) is 10.2. The van der Waals surface area contributed by atoms with Crippen LogP contribution in [0.1, 0.15) is 30.4 Å². The van der Waals surface area contributed by atoms with Crippen LogP contribution in [-0.2, 0) is 22.6 Å². The molecule has 4 rings (SSSR count). The monoisotopic (exact) mass is 411 g/mol. The normalized spacial score (nSPS) is 17.5. The number of carbonyl (C=O) groups excluding carboxylic acids is 1. The van der Waals surface area contributed by atoms with Gasteiger partial charge in [-0.05, 0) is 54.7 Å². The molecule has 0 unspecified atom stereocenters. The molecular weight excluding hydrogens is 382 g/mol. The highest BCUT2D eigenvalue weighted by Crippen LogP contribution is 2.40. The van der Waals surface area contributed by atoms with Crippen molar-refractivity contribution in [1.82, 2.24) is 15.2 Å². The molecule has 2 heterocycles. The molecule has 2 aromatic rings. The van der Waals surface area contributed by atoms with Gasteiger partial charge in [-0.1, -0.05) is 18.6 Å². The molecule has 1 aliphatic carbocycles. The maximum atomic E-state index is 13.2. The molecule has 160 valence electrons. The number of benzene rings is 1. The highest BCUT2D eigenvalue weighted by Gasteiger charge is 2.51. The van der Waals surface area contributed by atoms with E-state index < -0.39 is 0 Å². The number of carboxylic acid groups (broad SMARTS) is 1. The molecule has 0 spiro atoms. The van der Waals surface area contributed by atoms with Gasteiger partial charge in [0.05, 0.1) is 12.5 Å². The standard InChI is InChI=1S/C22H27N3O2.CH2O2/c1-27-20-7-2-4-18(12-20)13-22(15-25(16-22)19-5-3-6-19)21(26)24-14-17-8-10-23-11-9-17;2-1-3/h2,4,7-12,19H,3,5-6,13-16H2,1H3,(H,24,26);1H,(H,2,3). The summed E-state index contributed by atoms with van der Waals surface area (Å²) in [6.45, 7) is 1.98. The molecule has 1 saturated heterocycles. The second-order valence-electron chi connectivity index (χ2n) is 7.94. The van der Waals surface area contributed by atoms with Crippen molar-refractivity contribution in [2.24, 2.45) is 5.41 Å². The van der Waals surface area contributed by atoms with Crippen molar-refractivity contribution in [3.05, 3.63) is 59.9 Å². The lowest BCUT2D eigenvalue weighted by Crippen LogP contribution is -2.67. The van der Waals surface area contributed by atoms with Crippen LogP contribution in [0.3, 0.4) is 0 Å². The number of amides is 1. The van der Waals surface area contributed by atoms with Crippen molar-refractivity contribution < 1.29 is 19.4 Å². The molecule has 0 atom stereocenters. The van der Waals surface area contributed by atoms with Crippen LogP contribution < -0.4 is 10.1 Å². The zero-order chi connectivity index (χ0) is 21.4. The smallest absolute Gasteiger partial charge is 0.290 e. The van der Waals surface area contributed by atoms with Crippen LogP contribution in [0.5, 0.6) is 5.75 Å². The number of hydrogen-bond acceptors (Lipinski definition) is 5. The second kappa shape index (κ2) is 10.2. The van der Waals surface area contributed by atoms with Gasteiger partial charge < -0.3 is 15.2 Å². The van der Waals surface area contributed by atoms with E-state index in [4.69, 9.17) is 14.6 Å². The van der Waals surface area contributed by atoms with Crippen LogP contribution in [0, 0.1) is 5.41 Å². The lowest BCUT2D eigenvalue weighted by molar-refractivity contribution is -0.146. The van der Waals surface area contributed by atoms with Gasteiger partial charge in [-0.3, -0.25) is 19.5 Å². The largest absolute Gasteiger partial charge is 0.497 e. The minimum absolute atomic E-state index is 0.151. The number of ether oxygens (including phenoxy) is 1. The molecule has 0 radical (unpaired) electrons. The maximum Gasteiger partial charge on any atom is 0.290 e. The molecule has 1 amide bonds. The predicted octanol–water partition coefficient (Wildman–Crippen LogP) is 2.50. The Hall–Kier alpha value is -2.93. The van der Waals surface area contributed by atoms with E-state index in [2.05, 4.69) is 21.3 Å². The fraction of sp³-hybridized carbons (Fsp3) is 0.435. The van der Waals surface area contributed by atoms with Crippen LogP contribution in [0.4, 0.5) is 0 Å². The number of hydrogen-bond donors (Lipinski definition) is 2. The molecule has 30 heavy (non-hydrogen) atoms. The van der Waals surface area contributed by atoms with Gasteiger partial charge in [0.1, 0.15) is 5.75 Å². The Morgan fingerprint density at radius 2 is 1.97 bits per heavy atom. The van der Waals surface area contributed by atoms with Gasteiger partial charge in [0, 0.05) is 38.1 Å². The Morgan fingerprint density at radius 3 is 2.57 bits per heavy atom. The number of pyridine rings is 1. The maximum absolute atomic E-state index is 13.2. The lowest BCUT2D eigenvalue weighted by Gasteiger charge is -2.54. The fourth-order valence-electron chi connectivity index (χ4n) is 4.12. The zero-order valence-electron chi connectivity index (χ0n) is 17.3. The quantitative estimate of drug-likeness (QED) is 0.680. The minimum Gasteiger partial charge on any atom is -0.497 e. The average Bonchev–Trinajstić information content (AvgIpc) is 2.70. The molecule has 2 aliphatic rings. The molecule has 2 N–H and O–H groups in total. The van der Waals surface area contributed by atoms with Crippen molar-refractivity contribution in [2.75, 3.05) is 20.2 Å². The van der Waals surface area contributed by atoms with Gasteiger partial charge in [0.25, 0.3) is 6.47 Å². The zero-order valence-corrected chi connectivity index (χ0v) is 17.3. The first-order chi connectivity index (χ1) is 14.6. The van der Waals surface area contributed by atoms with Crippen molar-refractivity contribution in [3.63, 3.8) is 0 Å². The van der Waals surface area contributed by atoms with Gasteiger partial charge in [0.2, 0.25) is 5.91 Å². The average molecular weight is 412 g/mol. The topological polar surface area (TPSA) is 91.8 Å².